The molecular formula is C17H17NO2. The summed E-state index contributed by atoms with van der Waals surface area (Å²) in [5.74, 6) is 0.360. The number of hydrogen-bond donors (Lipinski definition) is 1. The molecule has 1 saturated heterocycles. The van der Waals surface area contributed by atoms with E-state index < -0.39 is 0 Å². The average molecular weight is 267 g/mol. The highest BCUT2D eigenvalue weighted by atomic mass is 16.6. The summed E-state index contributed by atoms with van der Waals surface area (Å²) in [5.41, 5.74) is 1.13. The SMILES string of the molecule is O=C1NC2(CCCC2c2ccc3ccccc3c2)CO1. The van der Waals surface area contributed by atoms with Crippen LogP contribution in [0.1, 0.15) is 30.7 Å². The lowest BCUT2D eigenvalue weighted by Crippen LogP contribution is -2.45. The lowest BCUT2D eigenvalue weighted by Gasteiger charge is -2.29. The minimum absolute atomic E-state index is 0.181. The zero-order valence-corrected chi connectivity index (χ0v) is 11.3. The van der Waals surface area contributed by atoms with Gasteiger partial charge in [0.15, 0.2) is 0 Å². The first-order chi connectivity index (χ1) is 9.77. The Hall–Kier alpha value is -2.03. The van der Waals surface area contributed by atoms with E-state index in [1.807, 2.05) is 0 Å². The van der Waals surface area contributed by atoms with Crippen LogP contribution in [0.3, 0.4) is 0 Å². The van der Waals surface area contributed by atoms with Crippen molar-refractivity contribution in [2.24, 2.45) is 0 Å². The molecule has 3 nitrogen and oxygen atoms in total. The molecule has 1 heterocycles. The zero-order chi connectivity index (χ0) is 13.6. The first-order valence-electron chi connectivity index (χ1n) is 7.21. The molecule has 2 aromatic rings. The number of carbonyl (C=O) groups is 1. The first kappa shape index (κ1) is 11.8. The summed E-state index contributed by atoms with van der Waals surface area (Å²) < 4.78 is 5.18. The van der Waals surface area contributed by atoms with E-state index in [0.717, 1.165) is 19.3 Å². The highest BCUT2D eigenvalue weighted by molar-refractivity contribution is 5.83. The molecule has 2 fully saturated rings. The maximum absolute atomic E-state index is 11.5. The van der Waals surface area contributed by atoms with Crippen molar-refractivity contribution in [1.29, 1.82) is 0 Å². The van der Waals surface area contributed by atoms with E-state index in [-0.39, 0.29) is 11.6 Å². The van der Waals surface area contributed by atoms with Gasteiger partial charge in [0.2, 0.25) is 0 Å². The van der Waals surface area contributed by atoms with Crippen molar-refractivity contribution < 1.29 is 9.53 Å². The van der Waals surface area contributed by atoms with Crippen molar-refractivity contribution >= 4 is 16.9 Å². The summed E-state index contributed by atoms with van der Waals surface area (Å²) in [6, 6.07) is 15.0. The summed E-state index contributed by atoms with van der Waals surface area (Å²) in [6.07, 6.45) is 3.00. The fourth-order valence-corrected chi connectivity index (χ4v) is 3.77. The molecule has 0 bridgehead atoms. The summed E-state index contributed by atoms with van der Waals surface area (Å²) >= 11 is 0. The Bertz CT molecular complexity index is 681. The van der Waals surface area contributed by atoms with Gasteiger partial charge in [0, 0.05) is 5.92 Å². The number of hydrogen-bond acceptors (Lipinski definition) is 2. The van der Waals surface area contributed by atoms with Crippen molar-refractivity contribution in [2.45, 2.75) is 30.7 Å². The number of amides is 1. The van der Waals surface area contributed by atoms with Crippen LogP contribution in [0.25, 0.3) is 10.8 Å². The van der Waals surface area contributed by atoms with E-state index in [9.17, 15) is 4.79 Å². The van der Waals surface area contributed by atoms with E-state index in [4.69, 9.17) is 4.74 Å². The molecule has 2 aromatic carbocycles. The molecule has 2 unspecified atom stereocenters. The predicted octanol–water partition coefficient (Wildman–Crippen LogP) is 3.59. The standard InChI is InChI=1S/C17H17NO2/c19-16-18-17(11-20-16)9-3-6-15(17)14-8-7-12-4-1-2-5-13(12)10-14/h1-2,4-5,7-8,10,15H,3,6,9,11H2,(H,18,19). The first-order valence-corrected chi connectivity index (χ1v) is 7.21. The number of ether oxygens (including phenoxy) is 1. The molecule has 0 radical (unpaired) electrons. The van der Waals surface area contributed by atoms with Gasteiger partial charge in [0.1, 0.15) is 6.61 Å². The minimum Gasteiger partial charge on any atom is -0.447 e. The zero-order valence-electron chi connectivity index (χ0n) is 11.3. The lowest BCUT2D eigenvalue weighted by atomic mass is 9.82. The van der Waals surface area contributed by atoms with Gasteiger partial charge in [-0.05, 0) is 29.2 Å². The molecule has 1 amide bonds. The van der Waals surface area contributed by atoms with Crippen LogP contribution in [-0.4, -0.2) is 18.2 Å². The van der Waals surface area contributed by atoms with Crippen molar-refractivity contribution in [2.75, 3.05) is 6.61 Å². The number of benzene rings is 2. The van der Waals surface area contributed by atoms with Crippen molar-refractivity contribution in [1.82, 2.24) is 5.32 Å². The Morgan fingerprint density at radius 1 is 1.15 bits per heavy atom. The quantitative estimate of drug-likeness (QED) is 0.857. The summed E-state index contributed by atoms with van der Waals surface area (Å²) in [6.45, 7) is 0.503. The third kappa shape index (κ3) is 1.69. The molecule has 3 heteroatoms. The van der Waals surface area contributed by atoms with E-state index in [0.29, 0.717) is 12.5 Å². The number of cyclic esters (lactones) is 1. The lowest BCUT2D eigenvalue weighted by molar-refractivity contribution is 0.171. The largest absolute Gasteiger partial charge is 0.447 e. The van der Waals surface area contributed by atoms with Gasteiger partial charge in [-0.15, -0.1) is 0 Å². The number of carbonyl (C=O) groups excluding carboxylic acids is 1. The second-order valence-electron chi connectivity index (χ2n) is 5.91. The molecule has 1 aliphatic carbocycles. The molecule has 1 saturated carbocycles. The van der Waals surface area contributed by atoms with Gasteiger partial charge in [-0.2, -0.15) is 0 Å². The fraction of sp³-hybridized carbons (Fsp3) is 0.353. The van der Waals surface area contributed by atoms with Crippen LogP contribution in [0.5, 0.6) is 0 Å². The number of alkyl carbamates (subject to hydrolysis) is 1. The topological polar surface area (TPSA) is 38.3 Å². The fourth-order valence-electron chi connectivity index (χ4n) is 3.77. The van der Waals surface area contributed by atoms with Crippen LogP contribution in [0.4, 0.5) is 4.79 Å². The maximum atomic E-state index is 11.5. The van der Waals surface area contributed by atoms with Gasteiger partial charge in [0.25, 0.3) is 0 Å². The van der Waals surface area contributed by atoms with Gasteiger partial charge >= 0.3 is 6.09 Å². The molecule has 2 aliphatic rings. The van der Waals surface area contributed by atoms with Crippen molar-refractivity contribution in [3.63, 3.8) is 0 Å². The van der Waals surface area contributed by atoms with Crippen LogP contribution in [0, 0.1) is 0 Å². The molecule has 1 N–H and O–H groups in total. The maximum Gasteiger partial charge on any atom is 0.407 e. The van der Waals surface area contributed by atoms with E-state index in [1.54, 1.807) is 0 Å². The monoisotopic (exact) mass is 267 g/mol. The Morgan fingerprint density at radius 2 is 2.00 bits per heavy atom. The molecule has 102 valence electrons. The normalized spacial score (nSPS) is 28.8. The molecule has 20 heavy (non-hydrogen) atoms. The highest BCUT2D eigenvalue weighted by Crippen LogP contribution is 2.45. The number of rotatable bonds is 1. The second-order valence-corrected chi connectivity index (χ2v) is 5.91. The smallest absolute Gasteiger partial charge is 0.407 e. The predicted molar refractivity (Wildman–Crippen MR) is 77.8 cm³/mol. The van der Waals surface area contributed by atoms with E-state index in [2.05, 4.69) is 47.8 Å². The van der Waals surface area contributed by atoms with Crippen LogP contribution in [0.2, 0.25) is 0 Å². The summed E-state index contributed by atoms with van der Waals surface area (Å²) in [4.78, 5) is 11.5. The third-order valence-electron chi connectivity index (χ3n) is 4.77. The Balaban J connectivity index is 1.76. The molecular weight excluding hydrogens is 250 g/mol. The molecule has 1 aliphatic heterocycles. The van der Waals surface area contributed by atoms with Crippen molar-refractivity contribution in [3.05, 3.63) is 48.0 Å². The van der Waals surface area contributed by atoms with Crippen molar-refractivity contribution in [3.8, 4) is 0 Å². The van der Waals surface area contributed by atoms with Gasteiger partial charge in [0.05, 0.1) is 5.54 Å². The van der Waals surface area contributed by atoms with Crippen LogP contribution in [0.15, 0.2) is 42.5 Å². The number of nitrogens with one attached hydrogen (secondary N) is 1. The molecule has 4 rings (SSSR count). The van der Waals surface area contributed by atoms with E-state index >= 15 is 0 Å². The Kier molecular flexibility index (Phi) is 2.49. The van der Waals surface area contributed by atoms with Gasteiger partial charge < -0.3 is 10.1 Å². The molecule has 0 aromatic heterocycles. The highest BCUT2D eigenvalue weighted by Gasteiger charge is 2.49. The van der Waals surface area contributed by atoms with Gasteiger partial charge in [-0.1, -0.05) is 48.9 Å². The minimum atomic E-state index is -0.266. The van der Waals surface area contributed by atoms with Crippen LogP contribution < -0.4 is 5.32 Å². The Labute approximate surface area is 117 Å². The summed E-state index contributed by atoms with van der Waals surface area (Å²) in [5, 5.41) is 5.59. The molecule has 1 spiro atoms. The second kappa shape index (κ2) is 4.23. The van der Waals surface area contributed by atoms with Gasteiger partial charge in [-0.3, -0.25) is 0 Å². The van der Waals surface area contributed by atoms with E-state index in [1.165, 1.54) is 16.3 Å². The third-order valence-corrected chi connectivity index (χ3v) is 4.77. The summed E-state index contributed by atoms with van der Waals surface area (Å²) in [7, 11) is 0. The van der Waals surface area contributed by atoms with Crippen LogP contribution in [-0.2, 0) is 4.74 Å². The van der Waals surface area contributed by atoms with Crippen LogP contribution >= 0.6 is 0 Å². The van der Waals surface area contributed by atoms with Gasteiger partial charge in [-0.25, -0.2) is 4.79 Å². The molecule has 2 atom stereocenters. The number of fused-ring (bicyclic) bond motifs is 1. The Morgan fingerprint density at radius 3 is 2.80 bits per heavy atom. The average Bonchev–Trinajstić information content (AvgIpc) is 3.05.